The van der Waals surface area contributed by atoms with Crippen LogP contribution in [0.5, 0.6) is 0 Å². The Hall–Kier alpha value is -5.67. The van der Waals surface area contributed by atoms with Gasteiger partial charge in [-0.25, -0.2) is 15.0 Å². The Kier molecular flexibility index (Phi) is 7.13. The average molecular weight is 566 g/mol. The fraction of sp³-hybridized carbons (Fsp3) is 0.0488. The minimum Gasteiger partial charge on any atom is -0.208 e. The summed E-state index contributed by atoms with van der Waals surface area (Å²) in [6, 6.07) is 53.1. The molecule has 0 aliphatic heterocycles. The smallest absolute Gasteiger partial charge is 0.164 e. The third-order valence-corrected chi connectivity index (χ3v) is 8.13. The maximum absolute atomic E-state index is 5.03. The standard InChI is InChI=1S/C40H27N3.CH4/c1-4-12-27(13-5-1)33-23-34(30-20-21-32-22-31-18-10-11-19-36(31)37(32)26-30)25-35(24-33)40-42-38(28-14-6-2-7-15-28)41-39(43-40)29-16-8-3-9-17-29;/h1-21,23-26H,22H2;1H4. The van der Waals surface area contributed by atoms with Crippen LogP contribution in [-0.4, -0.2) is 15.0 Å². The van der Waals surface area contributed by atoms with Crippen molar-refractivity contribution in [1.82, 2.24) is 15.0 Å². The Morgan fingerprint density at radius 1 is 0.318 bits per heavy atom. The van der Waals surface area contributed by atoms with Crippen LogP contribution in [0.4, 0.5) is 0 Å². The summed E-state index contributed by atoms with van der Waals surface area (Å²) in [5.41, 5.74) is 12.9. The minimum atomic E-state index is 0. The van der Waals surface area contributed by atoms with Crippen LogP contribution in [-0.2, 0) is 6.42 Å². The largest absolute Gasteiger partial charge is 0.208 e. The molecule has 0 fully saturated rings. The lowest BCUT2D eigenvalue weighted by atomic mass is 9.93. The molecule has 0 unspecified atom stereocenters. The molecule has 0 amide bonds. The molecule has 3 nitrogen and oxygen atoms in total. The molecule has 1 aliphatic carbocycles. The van der Waals surface area contributed by atoms with Crippen LogP contribution in [0.25, 0.3) is 67.5 Å². The van der Waals surface area contributed by atoms with E-state index in [0.717, 1.165) is 39.8 Å². The molecule has 0 N–H and O–H groups in total. The second kappa shape index (κ2) is 11.5. The van der Waals surface area contributed by atoms with Gasteiger partial charge in [0.05, 0.1) is 0 Å². The van der Waals surface area contributed by atoms with Crippen LogP contribution in [0, 0.1) is 0 Å². The normalized spacial score (nSPS) is 11.4. The van der Waals surface area contributed by atoms with E-state index in [4.69, 9.17) is 15.0 Å². The van der Waals surface area contributed by atoms with Gasteiger partial charge < -0.3 is 0 Å². The lowest BCUT2D eigenvalue weighted by Crippen LogP contribution is -2.00. The first-order valence-electron chi connectivity index (χ1n) is 14.6. The second-order valence-electron chi connectivity index (χ2n) is 10.9. The highest BCUT2D eigenvalue weighted by Gasteiger charge is 2.19. The molecule has 6 aromatic carbocycles. The predicted octanol–water partition coefficient (Wildman–Crippen LogP) is 10.4. The maximum atomic E-state index is 5.03. The summed E-state index contributed by atoms with van der Waals surface area (Å²) in [6.07, 6.45) is 0.983. The van der Waals surface area contributed by atoms with Crippen LogP contribution < -0.4 is 0 Å². The minimum absolute atomic E-state index is 0. The van der Waals surface area contributed by atoms with Crippen molar-refractivity contribution >= 4 is 0 Å². The summed E-state index contributed by atoms with van der Waals surface area (Å²) < 4.78 is 0. The molecule has 0 saturated carbocycles. The zero-order chi connectivity index (χ0) is 28.6. The van der Waals surface area contributed by atoms with Gasteiger partial charge in [-0.3, -0.25) is 0 Å². The van der Waals surface area contributed by atoms with Gasteiger partial charge in [0.15, 0.2) is 17.5 Å². The Balaban J connectivity index is 0.00000312. The first-order chi connectivity index (χ1) is 21.3. The third-order valence-electron chi connectivity index (χ3n) is 8.13. The third kappa shape index (κ3) is 5.10. The van der Waals surface area contributed by atoms with Crippen LogP contribution in [0.1, 0.15) is 18.6 Å². The van der Waals surface area contributed by atoms with Crippen LogP contribution in [0.2, 0.25) is 0 Å². The van der Waals surface area contributed by atoms with Crippen LogP contribution >= 0.6 is 0 Å². The number of fused-ring (bicyclic) bond motifs is 3. The fourth-order valence-corrected chi connectivity index (χ4v) is 5.96. The highest BCUT2D eigenvalue weighted by molar-refractivity contribution is 5.85. The first kappa shape index (κ1) is 27.2. The Bertz CT molecular complexity index is 2030. The molecule has 210 valence electrons. The molecule has 0 saturated heterocycles. The predicted molar refractivity (Wildman–Crippen MR) is 182 cm³/mol. The zero-order valence-electron chi connectivity index (χ0n) is 23.5. The molecule has 44 heavy (non-hydrogen) atoms. The maximum Gasteiger partial charge on any atom is 0.164 e. The fourth-order valence-electron chi connectivity index (χ4n) is 5.96. The zero-order valence-corrected chi connectivity index (χ0v) is 23.5. The van der Waals surface area contributed by atoms with Crippen molar-refractivity contribution in [2.24, 2.45) is 0 Å². The molecule has 0 atom stereocenters. The summed E-state index contributed by atoms with van der Waals surface area (Å²) in [5, 5.41) is 0. The average Bonchev–Trinajstić information content (AvgIpc) is 3.47. The topological polar surface area (TPSA) is 38.7 Å². The van der Waals surface area contributed by atoms with E-state index in [1.54, 1.807) is 0 Å². The van der Waals surface area contributed by atoms with Crippen molar-refractivity contribution < 1.29 is 0 Å². The monoisotopic (exact) mass is 565 g/mol. The van der Waals surface area contributed by atoms with Crippen molar-refractivity contribution in [2.75, 3.05) is 0 Å². The van der Waals surface area contributed by atoms with Crippen molar-refractivity contribution in [2.45, 2.75) is 13.8 Å². The van der Waals surface area contributed by atoms with Gasteiger partial charge >= 0.3 is 0 Å². The number of hydrogen-bond acceptors (Lipinski definition) is 3. The van der Waals surface area contributed by atoms with E-state index in [0.29, 0.717) is 17.5 Å². The van der Waals surface area contributed by atoms with E-state index in [-0.39, 0.29) is 7.43 Å². The van der Waals surface area contributed by atoms with Crippen molar-refractivity contribution in [3.8, 4) is 67.5 Å². The quantitative estimate of drug-likeness (QED) is 0.208. The highest BCUT2D eigenvalue weighted by atomic mass is 15.0. The van der Waals surface area contributed by atoms with Crippen LogP contribution in [0.3, 0.4) is 0 Å². The lowest BCUT2D eigenvalue weighted by molar-refractivity contribution is 1.07. The number of nitrogens with zero attached hydrogens (tertiary/aromatic N) is 3. The molecule has 1 aromatic heterocycles. The summed E-state index contributed by atoms with van der Waals surface area (Å²) in [6.45, 7) is 0. The van der Waals surface area contributed by atoms with E-state index in [1.165, 1.54) is 27.8 Å². The van der Waals surface area contributed by atoms with E-state index in [9.17, 15) is 0 Å². The second-order valence-corrected chi connectivity index (χ2v) is 10.9. The summed E-state index contributed by atoms with van der Waals surface area (Å²) >= 11 is 0. The van der Waals surface area contributed by atoms with Gasteiger partial charge in [0, 0.05) is 16.7 Å². The molecule has 0 spiro atoms. The van der Waals surface area contributed by atoms with Crippen LogP contribution in [0.15, 0.2) is 152 Å². The van der Waals surface area contributed by atoms with Crippen molar-refractivity contribution in [3.05, 3.63) is 163 Å². The van der Waals surface area contributed by atoms with Gasteiger partial charge in [0.1, 0.15) is 0 Å². The van der Waals surface area contributed by atoms with Gasteiger partial charge in [0.25, 0.3) is 0 Å². The summed E-state index contributed by atoms with van der Waals surface area (Å²) in [4.78, 5) is 15.0. The number of rotatable bonds is 5. The van der Waals surface area contributed by atoms with Gasteiger partial charge in [-0.15, -0.1) is 0 Å². The highest BCUT2D eigenvalue weighted by Crippen LogP contribution is 2.40. The number of hydrogen-bond donors (Lipinski definition) is 0. The molecule has 7 aromatic rings. The molecule has 1 aliphatic rings. The van der Waals surface area contributed by atoms with Gasteiger partial charge in [-0.05, 0) is 75.2 Å². The first-order valence-corrected chi connectivity index (χ1v) is 14.6. The van der Waals surface area contributed by atoms with Gasteiger partial charge in [-0.2, -0.15) is 0 Å². The molecule has 0 bridgehead atoms. The van der Waals surface area contributed by atoms with E-state index in [2.05, 4.69) is 91.0 Å². The molecular weight excluding hydrogens is 534 g/mol. The SMILES string of the molecule is C.c1ccc(-c2cc(-c3ccc4c(c3)-c3ccccc3C4)cc(-c3nc(-c4ccccc4)nc(-c4ccccc4)n3)c2)cc1. The molecule has 3 heteroatoms. The van der Waals surface area contributed by atoms with Gasteiger partial charge in [0.2, 0.25) is 0 Å². The molecule has 0 radical (unpaired) electrons. The van der Waals surface area contributed by atoms with Crippen molar-refractivity contribution in [1.29, 1.82) is 0 Å². The Morgan fingerprint density at radius 2 is 0.773 bits per heavy atom. The van der Waals surface area contributed by atoms with E-state index in [1.807, 2.05) is 60.7 Å². The molecule has 1 heterocycles. The summed E-state index contributed by atoms with van der Waals surface area (Å²) in [5.74, 6) is 1.97. The Labute approximate surface area is 258 Å². The van der Waals surface area contributed by atoms with Crippen molar-refractivity contribution in [3.63, 3.8) is 0 Å². The Morgan fingerprint density at radius 3 is 1.39 bits per heavy atom. The molecule has 8 rings (SSSR count). The van der Waals surface area contributed by atoms with E-state index >= 15 is 0 Å². The number of benzene rings is 6. The summed E-state index contributed by atoms with van der Waals surface area (Å²) in [7, 11) is 0. The van der Waals surface area contributed by atoms with Gasteiger partial charge in [-0.1, -0.05) is 135 Å². The molecular formula is C41H31N3. The number of aromatic nitrogens is 3. The lowest BCUT2D eigenvalue weighted by Gasteiger charge is -2.13. The van der Waals surface area contributed by atoms with E-state index < -0.39 is 0 Å².